The smallest absolute Gasteiger partial charge is 0.182 e. The molecule has 1 heterocycles. The first-order valence-corrected chi connectivity index (χ1v) is 6.84. The van der Waals surface area contributed by atoms with E-state index < -0.39 is 0 Å². The maximum absolute atomic E-state index is 12.1. The van der Waals surface area contributed by atoms with Crippen LogP contribution in [0, 0.1) is 5.92 Å². The Labute approximate surface area is 107 Å². The summed E-state index contributed by atoms with van der Waals surface area (Å²) in [5.74, 6) is 0.886. The van der Waals surface area contributed by atoms with Crippen LogP contribution in [0.25, 0.3) is 0 Å². The largest absolute Gasteiger partial charge is 0.292 e. The van der Waals surface area contributed by atoms with E-state index in [0.717, 1.165) is 12.3 Å². The second-order valence-corrected chi connectivity index (χ2v) is 5.18. The zero-order valence-electron chi connectivity index (χ0n) is 10.3. The van der Waals surface area contributed by atoms with Gasteiger partial charge in [-0.15, -0.1) is 0 Å². The fraction of sp³-hybridized carbons (Fsp3) is 0.692. The molecular weight excluding hydrogens is 236 g/mol. The molecule has 0 unspecified atom stereocenters. The zero-order chi connectivity index (χ0) is 12.3. The minimum atomic E-state index is 0.140. The molecule has 4 heteroatoms. The molecule has 1 aromatic rings. The number of rotatable bonds is 5. The molecule has 1 saturated carbocycles. The van der Waals surface area contributed by atoms with Crippen LogP contribution in [0.15, 0.2) is 6.20 Å². The second kappa shape index (κ2) is 5.67. The number of aryl methyl sites for hydroxylation is 1. The fourth-order valence-corrected chi connectivity index (χ4v) is 2.88. The molecule has 17 heavy (non-hydrogen) atoms. The lowest BCUT2D eigenvalue weighted by atomic mass is 9.99. The van der Waals surface area contributed by atoms with Gasteiger partial charge in [0.2, 0.25) is 0 Å². The zero-order valence-corrected chi connectivity index (χ0v) is 11.0. The summed E-state index contributed by atoms with van der Waals surface area (Å²) in [5, 5.41) is 4.59. The van der Waals surface area contributed by atoms with Crippen molar-refractivity contribution in [2.45, 2.75) is 52.0 Å². The normalized spacial score (nSPS) is 16.6. The lowest BCUT2D eigenvalue weighted by Gasteiger charge is -2.08. The first kappa shape index (κ1) is 12.6. The topological polar surface area (TPSA) is 34.9 Å². The Bertz CT molecular complexity index is 394. The minimum absolute atomic E-state index is 0.140. The van der Waals surface area contributed by atoms with Gasteiger partial charge in [-0.25, -0.2) is 0 Å². The number of aromatic nitrogens is 2. The van der Waals surface area contributed by atoms with Crippen LogP contribution in [0.4, 0.5) is 0 Å². The molecule has 3 nitrogen and oxygen atoms in total. The molecule has 0 atom stereocenters. The standard InChI is InChI=1S/C13H19ClN2O/c1-2-16-13(11(14)9-15-16)12(17)8-7-10-5-3-4-6-10/h9-10H,2-8H2,1H3. The summed E-state index contributed by atoms with van der Waals surface area (Å²) in [7, 11) is 0. The van der Waals surface area contributed by atoms with Crippen LogP contribution in [-0.2, 0) is 6.54 Å². The van der Waals surface area contributed by atoms with Gasteiger partial charge < -0.3 is 0 Å². The predicted octanol–water partition coefficient (Wildman–Crippen LogP) is 3.71. The van der Waals surface area contributed by atoms with Crippen LogP contribution in [0.2, 0.25) is 5.02 Å². The number of halogens is 1. The summed E-state index contributed by atoms with van der Waals surface area (Å²) < 4.78 is 1.69. The Balaban J connectivity index is 1.96. The number of Topliss-reactive ketones (excluding diaryl/α,β-unsaturated/α-hetero) is 1. The molecular formula is C13H19ClN2O. The van der Waals surface area contributed by atoms with Crippen LogP contribution in [0.1, 0.15) is 55.9 Å². The van der Waals surface area contributed by atoms with Crippen molar-refractivity contribution in [3.63, 3.8) is 0 Å². The maximum atomic E-state index is 12.1. The quantitative estimate of drug-likeness (QED) is 0.751. The van der Waals surface area contributed by atoms with E-state index in [-0.39, 0.29) is 5.78 Å². The van der Waals surface area contributed by atoms with Gasteiger partial charge in [0.25, 0.3) is 0 Å². The molecule has 94 valence electrons. The Morgan fingerprint density at radius 1 is 1.53 bits per heavy atom. The minimum Gasteiger partial charge on any atom is -0.292 e. The van der Waals surface area contributed by atoms with E-state index in [2.05, 4.69) is 5.10 Å². The third-order valence-corrected chi connectivity index (χ3v) is 3.89. The van der Waals surface area contributed by atoms with Crippen LogP contribution >= 0.6 is 11.6 Å². The summed E-state index contributed by atoms with van der Waals surface area (Å²) in [4.78, 5) is 12.1. The van der Waals surface area contributed by atoms with Crippen molar-refractivity contribution in [3.05, 3.63) is 16.9 Å². The van der Waals surface area contributed by atoms with Gasteiger partial charge in [-0.05, 0) is 19.3 Å². The van der Waals surface area contributed by atoms with Crippen LogP contribution in [-0.4, -0.2) is 15.6 Å². The average molecular weight is 255 g/mol. The Morgan fingerprint density at radius 2 is 2.24 bits per heavy atom. The second-order valence-electron chi connectivity index (χ2n) is 4.77. The molecule has 1 aliphatic carbocycles. The maximum Gasteiger partial charge on any atom is 0.182 e. The molecule has 0 aliphatic heterocycles. The summed E-state index contributed by atoms with van der Waals surface area (Å²) in [6.45, 7) is 2.66. The van der Waals surface area contributed by atoms with E-state index >= 15 is 0 Å². The molecule has 0 aromatic carbocycles. The molecule has 1 aromatic heterocycles. The number of ketones is 1. The Morgan fingerprint density at radius 3 is 2.88 bits per heavy atom. The molecule has 1 fully saturated rings. The number of hydrogen-bond donors (Lipinski definition) is 0. The SMILES string of the molecule is CCn1ncc(Cl)c1C(=O)CCC1CCCC1. The van der Waals surface area contributed by atoms with Gasteiger partial charge in [-0.1, -0.05) is 37.3 Å². The summed E-state index contributed by atoms with van der Waals surface area (Å²) in [6.07, 6.45) is 8.40. The van der Waals surface area contributed by atoms with E-state index in [1.54, 1.807) is 10.9 Å². The van der Waals surface area contributed by atoms with E-state index in [9.17, 15) is 4.79 Å². The van der Waals surface area contributed by atoms with Gasteiger partial charge in [0.15, 0.2) is 5.78 Å². The monoisotopic (exact) mass is 254 g/mol. The van der Waals surface area contributed by atoms with Crippen LogP contribution in [0.3, 0.4) is 0 Å². The highest BCUT2D eigenvalue weighted by Crippen LogP contribution is 2.29. The fourth-order valence-electron chi connectivity index (χ4n) is 2.63. The number of carbonyl (C=O) groups is 1. The molecule has 0 spiro atoms. The van der Waals surface area contributed by atoms with Gasteiger partial charge >= 0.3 is 0 Å². The third-order valence-electron chi connectivity index (χ3n) is 3.61. The van der Waals surface area contributed by atoms with Gasteiger partial charge in [-0.3, -0.25) is 9.48 Å². The molecule has 0 radical (unpaired) electrons. The van der Waals surface area contributed by atoms with Crippen molar-refractivity contribution in [1.29, 1.82) is 0 Å². The predicted molar refractivity (Wildman–Crippen MR) is 68.4 cm³/mol. The highest BCUT2D eigenvalue weighted by Gasteiger charge is 2.20. The number of carbonyl (C=O) groups excluding carboxylic acids is 1. The molecule has 0 amide bonds. The van der Waals surface area contributed by atoms with E-state index in [1.807, 2.05) is 6.92 Å². The summed E-state index contributed by atoms with van der Waals surface area (Å²) in [6, 6.07) is 0. The Kier molecular flexibility index (Phi) is 4.21. The number of nitrogens with zero attached hydrogens (tertiary/aromatic N) is 2. The van der Waals surface area contributed by atoms with Gasteiger partial charge in [0, 0.05) is 13.0 Å². The molecule has 0 bridgehead atoms. The van der Waals surface area contributed by atoms with Crippen molar-refractivity contribution in [2.75, 3.05) is 0 Å². The van der Waals surface area contributed by atoms with Crippen molar-refractivity contribution in [1.82, 2.24) is 9.78 Å². The first-order valence-electron chi connectivity index (χ1n) is 6.47. The van der Waals surface area contributed by atoms with E-state index in [1.165, 1.54) is 25.7 Å². The van der Waals surface area contributed by atoms with Gasteiger partial charge in [0.1, 0.15) is 5.69 Å². The lowest BCUT2D eigenvalue weighted by Crippen LogP contribution is -2.11. The average Bonchev–Trinajstić information content (AvgIpc) is 2.94. The lowest BCUT2D eigenvalue weighted by molar-refractivity contribution is 0.0963. The number of hydrogen-bond acceptors (Lipinski definition) is 2. The summed E-state index contributed by atoms with van der Waals surface area (Å²) in [5.41, 5.74) is 0.590. The first-order chi connectivity index (χ1) is 8.22. The van der Waals surface area contributed by atoms with E-state index in [0.29, 0.717) is 23.7 Å². The summed E-state index contributed by atoms with van der Waals surface area (Å²) >= 11 is 6.01. The third kappa shape index (κ3) is 2.89. The van der Waals surface area contributed by atoms with Crippen LogP contribution in [0.5, 0.6) is 0 Å². The molecule has 0 N–H and O–H groups in total. The van der Waals surface area contributed by atoms with Crippen molar-refractivity contribution < 1.29 is 4.79 Å². The Hall–Kier alpha value is -0.830. The van der Waals surface area contributed by atoms with Crippen molar-refractivity contribution in [2.24, 2.45) is 5.92 Å². The van der Waals surface area contributed by atoms with Crippen LogP contribution < -0.4 is 0 Å². The highest BCUT2D eigenvalue weighted by molar-refractivity contribution is 6.33. The van der Waals surface area contributed by atoms with Gasteiger partial charge in [0.05, 0.1) is 11.2 Å². The van der Waals surface area contributed by atoms with Gasteiger partial charge in [-0.2, -0.15) is 5.10 Å². The van der Waals surface area contributed by atoms with Crippen molar-refractivity contribution in [3.8, 4) is 0 Å². The van der Waals surface area contributed by atoms with E-state index in [4.69, 9.17) is 11.6 Å². The highest BCUT2D eigenvalue weighted by atomic mass is 35.5. The molecule has 1 aliphatic rings. The molecule has 0 saturated heterocycles. The van der Waals surface area contributed by atoms with Crippen molar-refractivity contribution >= 4 is 17.4 Å². The molecule has 2 rings (SSSR count).